The first-order valence-electron chi connectivity index (χ1n) is 5.12. The van der Waals surface area contributed by atoms with E-state index in [2.05, 4.69) is 15.9 Å². The average Bonchev–Trinajstić information content (AvgIpc) is 2.48. The number of furan rings is 1. The third kappa shape index (κ3) is 2.12. The first-order chi connectivity index (χ1) is 7.01. The Bertz CT molecular complexity index is 337. The second-order valence-corrected chi connectivity index (χ2v) is 5.15. The van der Waals surface area contributed by atoms with E-state index in [0.29, 0.717) is 18.6 Å². The van der Waals surface area contributed by atoms with E-state index < -0.39 is 5.60 Å². The average molecular weight is 275 g/mol. The molecule has 2 unspecified atom stereocenters. The number of halogens is 1. The van der Waals surface area contributed by atoms with Crippen LogP contribution in [-0.4, -0.2) is 17.3 Å². The molecule has 1 N–H and O–H groups in total. The van der Waals surface area contributed by atoms with Gasteiger partial charge < -0.3 is 14.3 Å². The van der Waals surface area contributed by atoms with Gasteiger partial charge >= 0.3 is 0 Å². The first kappa shape index (κ1) is 11.2. The van der Waals surface area contributed by atoms with Crippen molar-refractivity contribution in [3.63, 3.8) is 0 Å². The zero-order valence-electron chi connectivity index (χ0n) is 8.87. The lowest BCUT2D eigenvalue weighted by atomic mass is 9.85. The number of aliphatic hydroxyl groups is 1. The molecule has 2 rings (SSSR count). The van der Waals surface area contributed by atoms with Gasteiger partial charge in [-0.3, -0.25) is 0 Å². The van der Waals surface area contributed by atoms with Gasteiger partial charge in [0.25, 0.3) is 0 Å². The molecule has 1 aliphatic rings. The molecule has 84 valence electrons. The topological polar surface area (TPSA) is 42.6 Å². The van der Waals surface area contributed by atoms with Gasteiger partial charge in [-0.1, -0.05) is 0 Å². The number of hydrogen-bond donors (Lipinski definition) is 1. The van der Waals surface area contributed by atoms with Gasteiger partial charge in [-0.2, -0.15) is 0 Å². The summed E-state index contributed by atoms with van der Waals surface area (Å²) in [5, 5.41) is 10.5. The Kier molecular flexibility index (Phi) is 2.92. The van der Waals surface area contributed by atoms with Crippen LogP contribution in [0.5, 0.6) is 0 Å². The van der Waals surface area contributed by atoms with E-state index >= 15 is 0 Å². The summed E-state index contributed by atoms with van der Waals surface area (Å²) < 4.78 is 11.8. The van der Waals surface area contributed by atoms with Crippen molar-refractivity contribution in [2.24, 2.45) is 0 Å². The van der Waals surface area contributed by atoms with Gasteiger partial charge in [-0.05, 0) is 35.8 Å². The fourth-order valence-electron chi connectivity index (χ4n) is 2.34. The van der Waals surface area contributed by atoms with Crippen LogP contribution >= 0.6 is 15.9 Å². The fraction of sp³-hybridized carbons (Fsp3) is 0.636. The van der Waals surface area contributed by atoms with Crippen LogP contribution in [0.25, 0.3) is 0 Å². The van der Waals surface area contributed by atoms with Crippen molar-refractivity contribution in [3.8, 4) is 0 Å². The van der Waals surface area contributed by atoms with Gasteiger partial charge in [0.2, 0.25) is 0 Å². The zero-order chi connectivity index (χ0) is 11.1. The van der Waals surface area contributed by atoms with E-state index in [1.54, 1.807) is 12.3 Å². The molecule has 0 aromatic carbocycles. The Morgan fingerprint density at radius 3 is 2.47 bits per heavy atom. The Labute approximate surface area is 97.5 Å². The Morgan fingerprint density at radius 2 is 2.00 bits per heavy atom. The van der Waals surface area contributed by atoms with Crippen LogP contribution in [0.15, 0.2) is 21.2 Å². The fourth-order valence-corrected chi connectivity index (χ4v) is 2.91. The van der Waals surface area contributed by atoms with Crippen molar-refractivity contribution in [2.75, 3.05) is 0 Å². The molecule has 0 radical (unpaired) electrons. The molecule has 4 heteroatoms. The van der Waals surface area contributed by atoms with E-state index in [9.17, 15) is 5.11 Å². The molecule has 1 saturated heterocycles. The second kappa shape index (κ2) is 3.92. The highest BCUT2D eigenvalue weighted by atomic mass is 79.9. The number of ether oxygens (including phenoxy) is 1. The van der Waals surface area contributed by atoms with Crippen molar-refractivity contribution >= 4 is 15.9 Å². The second-order valence-electron chi connectivity index (χ2n) is 4.29. The molecule has 15 heavy (non-hydrogen) atoms. The molecule has 2 heterocycles. The molecule has 1 fully saturated rings. The van der Waals surface area contributed by atoms with Crippen LogP contribution in [0.1, 0.15) is 32.4 Å². The normalized spacial score (nSPS) is 36.8. The molecule has 0 bridgehead atoms. The summed E-state index contributed by atoms with van der Waals surface area (Å²) in [5.41, 5.74) is -0.903. The van der Waals surface area contributed by atoms with Crippen molar-refractivity contribution < 1.29 is 14.3 Å². The third-order valence-corrected chi connectivity index (χ3v) is 3.38. The highest BCUT2D eigenvalue weighted by Crippen LogP contribution is 2.40. The smallest absolute Gasteiger partial charge is 0.149 e. The minimum atomic E-state index is -0.903. The van der Waals surface area contributed by atoms with Crippen molar-refractivity contribution in [3.05, 3.63) is 22.6 Å². The monoisotopic (exact) mass is 274 g/mol. The SMILES string of the molecule is CC1CC(O)(c2occc2Br)CC(C)O1. The summed E-state index contributed by atoms with van der Waals surface area (Å²) in [5.74, 6) is 0.615. The largest absolute Gasteiger partial charge is 0.465 e. The van der Waals surface area contributed by atoms with Crippen LogP contribution in [0, 0.1) is 0 Å². The van der Waals surface area contributed by atoms with Crippen LogP contribution in [0.2, 0.25) is 0 Å². The van der Waals surface area contributed by atoms with Crippen LogP contribution in [-0.2, 0) is 10.3 Å². The summed E-state index contributed by atoms with van der Waals surface area (Å²) in [4.78, 5) is 0. The lowest BCUT2D eigenvalue weighted by Gasteiger charge is -2.37. The highest BCUT2D eigenvalue weighted by Gasteiger charge is 2.41. The first-order valence-corrected chi connectivity index (χ1v) is 5.92. The summed E-state index contributed by atoms with van der Waals surface area (Å²) >= 11 is 3.38. The third-order valence-electron chi connectivity index (χ3n) is 2.75. The summed E-state index contributed by atoms with van der Waals surface area (Å²) in [7, 11) is 0. The quantitative estimate of drug-likeness (QED) is 0.857. The highest BCUT2D eigenvalue weighted by molar-refractivity contribution is 9.10. The summed E-state index contributed by atoms with van der Waals surface area (Å²) in [6, 6.07) is 1.80. The van der Waals surface area contributed by atoms with Gasteiger partial charge in [-0.25, -0.2) is 0 Å². The molecule has 1 aliphatic heterocycles. The summed E-state index contributed by atoms with van der Waals surface area (Å²) in [6.45, 7) is 3.94. The van der Waals surface area contributed by atoms with Crippen LogP contribution < -0.4 is 0 Å². The molecule has 0 amide bonds. The minimum Gasteiger partial charge on any atom is -0.465 e. The molecular weight excluding hydrogens is 260 g/mol. The molecule has 0 spiro atoms. The predicted molar refractivity (Wildman–Crippen MR) is 59.5 cm³/mol. The minimum absolute atomic E-state index is 0.0516. The maximum absolute atomic E-state index is 10.5. The molecule has 0 aliphatic carbocycles. The Hall–Kier alpha value is -0.320. The van der Waals surface area contributed by atoms with Gasteiger partial charge in [-0.15, -0.1) is 0 Å². The molecule has 2 atom stereocenters. The van der Waals surface area contributed by atoms with Gasteiger partial charge in [0.05, 0.1) is 22.9 Å². The predicted octanol–water partition coefficient (Wildman–Crippen LogP) is 2.82. The van der Waals surface area contributed by atoms with Gasteiger partial charge in [0, 0.05) is 12.8 Å². The molecule has 3 nitrogen and oxygen atoms in total. The Morgan fingerprint density at radius 1 is 1.40 bits per heavy atom. The molecular formula is C11H15BrO3. The van der Waals surface area contributed by atoms with E-state index in [1.807, 2.05) is 13.8 Å². The molecule has 0 saturated carbocycles. The number of hydrogen-bond acceptors (Lipinski definition) is 3. The maximum atomic E-state index is 10.5. The lowest BCUT2D eigenvalue weighted by molar-refractivity contribution is -0.143. The van der Waals surface area contributed by atoms with E-state index in [0.717, 1.165) is 4.47 Å². The lowest BCUT2D eigenvalue weighted by Crippen LogP contribution is -2.41. The number of rotatable bonds is 1. The standard InChI is InChI=1S/C11H15BrO3/c1-7-5-11(13,6-8(2)15-7)10-9(12)3-4-14-10/h3-4,7-8,13H,5-6H2,1-2H3. The zero-order valence-corrected chi connectivity index (χ0v) is 10.5. The van der Waals surface area contributed by atoms with E-state index in [1.165, 1.54) is 0 Å². The van der Waals surface area contributed by atoms with Crippen LogP contribution in [0.4, 0.5) is 0 Å². The molecule has 1 aromatic rings. The van der Waals surface area contributed by atoms with Crippen molar-refractivity contribution in [1.82, 2.24) is 0 Å². The van der Waals surface area contributed by atoms with E-state index in [-0.39, 0.29) is 12.2 Å². The van der Waals surface area contributed by atoms with Crippen molar-refractivity contribution in [2.45, 2.75) is 44.5 Å². The van der Waals surface area contributed by atoms with Crippen LogP contribution in [0.3, 0.4) is 0 Å². The Balaban J connectivity index is 2.29. The maximum Gasteiger partial charge on any atom is 0.149 e. The van der Waals surface area contributed by atoms with Gasteiger partial charge in [0.15, 0.2) is 0 Å². The molecule has 1 aromatic heterocycles. The van der Waals surface area contributed by atoms with E-state index in [4.69, 9.17) is 9.15 Å². The van der Waals surface area contributed by atoms with Gasteiger partial charge in [0.1, 0.15) is 11.4 Å². The van der Waals surface area contributed by atoms with Crippen molar-refractivity contribution in [1.29, 1.82) is 0 Å². The summed E-state index contributed by atoms with van der Waals surface area (Å²) in [6.07, 6.45) is 2.83.